The van der Waals surface area contributed by atoms with Gasteiger partial charge in [0.1, 0.15) is 0 Å². The molecule has 0 N–H and O–H groups in total. The van der Waals surface area contributed by atoms with Gasteiger partial charge in [0, 0.05) is 0 Å². The number of allylic oxidation sites excluding steroid dienone is 2. The highest BCUT2D eigenvalue weighted by molar-refractivity contribution is 4.92. The van der Waals surface area contributed by atoms with Gasteiger partial charge in [0.15, 0.2) is 0 Å². The van der Waals surface area contributed by atoms with E-state index in [1.807, 2.05) is 0 Å². The van der Waals surface area contributed by atoms with Gasteiger partial charge in [-0.2, -0.15) is 0 Å². The largest absolute Gasteiger partial charge is 0.309 e. The van der Waals surface area contributed by atoms with Crippen LogP contribution in [0.25, 0.3) is 0 Å². The summed E-state index contributed by atoms with van der Waals surface area (Å²) in [6.07, 6.45) is 10.2. The van der Waals surface area contributed by atoms with Crippen molar-refractivity contribution in [3.05, 3.63) is 12.2 Å². The van der Waals surface area contributed by atoms with Gasteiger partial charge in [0.05, 0.1) is 0 Å². The third-order valence-electron chi connectivity index (χ3n) is 2.30. The molecule has 11 heavy (non-hydrogen) atoms. The molecule has 0 aromatic carbocycles. The van der Waals surface area contributed by atoms with Crippen LogP contribution in [0.2, 0.25) is 0 Å². The highest BCUT2D eigenvalue weighted by Gasteiger charge is 2.07. The molecule has 0 bridgehead atoms. The van der Waals surface area contributed by atoms with Crippen LogP contribution in [0.15, 0.2) is 12.2 Å². The van der Waals surface area contributed by atoms with Crippen molar-refractivity contribution < 1.29 is 0 Å². The molecule has 0 aromatic rings. The molecule has 1 unspecified atom stereocenters. The normalized spacial score (nSPS) is 24.5. The topological polar surface area (TPSA) is 3.24 Å². The Labute approximate surface area is 70.1 Å². The zero-order chi connectivity index (χ0) is 8.10. The summed E-state index contributed by atoms with van der Waals surface area (Å²) in [7, 11) is 4.29. The lowest BCUT2D eigenvalue weighted by Gasteiger charge is -2.18. The van der Waals surface area contributed by atoms with E-state index in [0.29, 0.717) is 0 Å². The van der Waals surface area contributed by atoms with E-state index in [1.165, 1.54) is 32.2 Å². The van der Waals surface area contributed by atoms with E-state index in [0.717, 1.165) is 5.92 Å². The first-order valence-corrected chi connectivity index (χ1v) is 4.60. The van der Waals surface area contributed by atoms with E-state index < -0.39 is 0 Å². The molecule has 1 atom stereocenters. The van der Waals surface area contributed by atoms with Crippen molar-refractivity contribution in [2.75, 3.05) is 20.6 Å². The van der Waals surface area contributed by atoms with Crippen molar-refractivity contribution in [3.63, 3.8) is 0 Å². The summed E-state index contributed by atoms with van der Waals surface area (Å²) in [6, 6.07) is 0. The van der Waals surface area contributed by atoms with Gasteiger partial charge >= 0.3 is 0 Å². The third kappa shape index (κ3) is 3.57. The van der Waals surface area contributed by atoms with E-state index >= 15 is 0 Å². The Kier molecular flexibility index (Phi) is 3.64. The van der Waals surface area contributed by atoms with Gasteiger partial charge in [-0.3, -0.25) is 0 Å². The average molecular weight is 153 g/mol. The first kappa shape index (κ1) is 8.79. The second kappa shape index (κ2) is 4.55. The van der Waals surface area contributed by atoms with Crippen molar-refractivity contribution in [1.82, 2.24) is 4.90 Å². The van der Waals surface area contributed by atoms with E-state index in [9.17, 15) is 0 Å². The summed E-state index contributed by atoms with van der Waals surface area (Å²) >= 11 is 0. The fourth-order valence-corrected chi connectivity index (χ4v) is 1.55. The van der Waals surface area contributed by atoms with Gasteiger partial charge in [-0.25, -0.2) is 0 Å². The third-order valence-corrected chi connectivity index (χ3v) is 2.30. The van der Waals surface area contributed by atoms with Crippen molar-refractivity contribution in [2.24, 2.45) is 5.92 Å². The van der Waals surface area contributed by atoms with Gasteiger partial charge in [0.25, 0.3) is 0 Å². The maximum absolute atomic E-state index is 2.40. The van der Waals surface area contributed by atoms with Crippen LogP contribution < -0.4 is 0 Å². The Morgan fingerprint density at radius 3 is 2.82 bits per heavy atom. The van der Waals surface area contributed by atoms with Gasteiger partial charge in [0.2, 0.25) is 0 Å². The Hall–Kier alpha value is -0.300. The standard InChI is InChI=1S/C10H19N/c1-11(2)9-8-10-6-4-3-5-7-10/h4,6,10H,3,5,7-9H2,1-2H3. The zero-order valence-electron chi connectivity index (χ0n) is 7.71. The summed E-state index contributed by atoms with van der Waals surface area (Å²) in [4.78, 5) is 2.27. The predicted octanol–water partition coefficient (Wildman–Crippen LogP) is 2.29. The highest BCUT2D eigenvalue weighted by Crippen LogP contribution is 2.19. The zero-order valence-corrected chi connectivity index (χ0v) is 7.71. The molecule has 0 saturated carbocycles. The maximum atomic E-state index is 2.40. The minimum atomic E-state index is 0.867. The molecule has 64 valence electrons. The van der Waals surface area contributed by atoms with Gasteiger partial charge in [-0.1, -0.05) is 12.2 Å². The van der Waals surface area contributed by atoms with E-state index in [4.69, 9.17) is 0 Å². The quantitative estimate of drug-likeness (QED) is 0.562. The van der Waals surface area contributed by atoms with Crippen molar-refractivity contribution in [2.45, 2.75) is 25.7 Å². The first-order chi connectivity index (χ1) is 5.29. The summed E-state index contributed by atoms with van der Waals surface area (Å²) < 4.78 is 0. The fraction of sp³-hybridized carbons (Fsp3) is 0.800. The highest BCUT2D eigenvalue weighted by atomic mass is 15.0. The van der Waals surface area contributed by atoms with Crippen LogP contribution in [0.4, 0.5) is 0 Å². The molecule has 0 amide bonds. The molecule has 0 saturated heterocycles. The average Bonchev–Trinajstić information content (AvgIpc) is 2.03. The molecule has 0 fully saturated rings. The van der Waals surface area contributed by atoms with Crippen LogP contribution in [-0.2, 0) is 0 Å². The summed E-state index contributed by atoms with van der Waals surface area (Å²) in [5.41, 5.74) is 0. The van der Waals surface area contributed by atoms with Crippen molar-refractivity contribution >= 4 is 0 Å². The number of nitrogens with zero attached hydrogens (tertiary/aromatic N) is 1. The molecule has 1 aliphatic carbocycles. The molecule has 0 aliphatic heterocycles. The summed E-state index contributed by atoms with van der Waals surface area (Å²) in [6.45, 7) is 1.23. The first-order valence-electron chi connectivity index (χ1n) is 4.60. The van der Waals surface area contributed by atoms with E-state index in [2.05, 4.69) is 31.1 Å². The van der Waals surface area contributed by atoms with Gasteiger partial charge in [-0.05, 0) is 52.2 Å². The molecular weight excluding hydrogens is 134 g/mol. The Morgan fingerprint density at radius 2 is 2.27 bits per heavy atom. The summed E-state index contributed by atoms with van der Waals surface area (Å²) in [5, 5.41) is 0. The SMILES string of the molecule is CN(C)CCC1C=CCCC1. The van der Waals surface area contributed by atoms with Gasteiger partial charge < -0.3 is 4.90 Å². The lowest BCUT2D eigenvalue weighted by atomic mass is 9.93. The second-order valence-corrected chi connectivity index (χ2v) is 3.71. The molecular formula is C10H19N. The Morgan fingerprint density at radius 1 is 1.45 bits per heavy atom. The van der Waals surface area contributed by atoms with Crippen LogP contribution in [0.5, 0.6) is 0 Å². The van der Waals surface area contributed by atoms with Crippen LogP contribution in [-0.4, -0.2) is 25.5 Å². The smallest absolute Gasteiger partial charge is 0.00192 e. The lowest BCUT2D eigenvalue weighted by Crippen LogP contribution is -2.16. The molecule has 1 nitrogen and oxygen atoms in total. The summed E-state index contributed by atoms with van der Waals surface area (Å²) in [5.74, 6) is 0.867. The number of hydrogen-bond donors (Lipinski definition) is 0. The van der Waals surface area contributed by atoms with Crippen molar-refractivity contribution in [1.29, 1.82) is 0 Å². The minimum absolute atomic E-state index is 0.867. The minimum Gasteiger partial charge on any atom is -0.309 e. The monoisotopic (exact) mass is 153 g/mol. The Balaban J connectivity index is 2.15. The second-order valence-electron chi connectivity index (χ2n) is 3.71. The van der Waals surface area contributed by atoms with Crippen LogP contribution >= 0.6 is 0 Å². The van der Waals surface area contributed by atoms with Crippen LogP contribution in [0.1, 0.15) is 25.7 Å². The molecule has 1 heteroatoms. The number of hydrogen-bond acceptors (Lipinski definition) is 1. The van der Waals surface area contributed by atoms with Crippen molar-refractivity contribution in [3.8, 4) is 0 Å². The predicted molar refractivity (Wildman–Crippen MR) is 49.7 cm³/mol. The maximum Gasteiger partial charge on any atom is -0.00192 e. The van der Waals surface area contributed by atoms with E-state index in [-0.39, 0.29) is 0 Å². The number of rotatable bonds is 3. The molecule has 0 heterocycles. The molecule has 1 aliphatic rings. The van der Waals surface area contributed by atoms with Crippen LogP contribution in [0, 0.1) is 5.92 Å². The van der Waals surface area contributed by atoms with Gasteiger partial charge in [-0.15, -0.1) is 0 Å². The Bertz CT molecular complexity index is 127. The molecule has 0 radical (unpaired) electrons. The molecule has 1 rings (SSSR count). The van der Waals surface area contributed by atoms with Crippen LogP contribution in [0.3, 0.4) is 0 Å². The lowest BCUT2D eigenvalue weighted by molar-refractivity contribution is 0.360. The molecule has 0 spiro atoms. The van der Waals surface area contributed by atoms with E-state index in [1.54, 1.807) is 0 Å². The molecule has 0 aromatic heterocycles. The fourth-order valence-electron chi connectivity index (χ4n) is 1.55.